The zero-order valence-corrected chi connectivity index (χ0v) is 15.8. The Kier molecular flexibility index (Phi) is 4.99. The average molecular weight is 390 g/mol. The topological polar surface area (TPSA) is 58.6 Å². The van der Waals surface area contributed by atoms with Gasteiger partial charge in [-0.25, -0.2) is 4.39 Å². The van der Waals surface area contributed by atoms with Gasteiger partial charge in [0.1, 0.15) is 18.1 Å². The van der Waals surface area contributed by atoms with Crippen LogP contribution in [0.4, 0.5) is 10.1 Å². The second-order valence-corrected chi connectivity index (χ2v) is 6.73. The summed E-state index contributed by atoms with van der Waals surface area (Å²) >= 11 is 0. The number of carbonyl (C=O) groups excluding carboxylic acids is 2. The molecule has 0 unspecified atom stereocenters. The van der Waals surface area contributed by atoms with Crippen molar-refractivity contribution in [2.75, 3.05) is 19.0 Å². The first-order valence-electron chi connectivity index (χ1n) is 9.16. The summed E-state index contributed by atoms with van der Waals surface area (Å²) in [6, 6.07) is 19.7. The summed E-state index contributed by atoms with van der Waals surface area (Å²) in [5, 5.41) is 2.78. The van der Waals surface area contributed by atoms with Gasteiger partial charge in [0.05, 0.1) is 18.7 Å². The fourth-order valence-electron chi connectivity index (χ4n) is 3.64. The van der Waals surface area contributed by atoms with Crippen LogP contribution in [-0.2, 0) is 4.79 Å². The maximum atomic E-state index is 14.1. The highest BCUT2D eigenvalue weighted by atomic mass is 19.1. The van der Waals surface area contributed by atoms with Crippen molar-refractivity contribution in [3.8, 4) is 5.75 Å². The number of hydrogen-bond donors (Lipinski definition) is 1. The van der Waals surface area contributed by atoms with Gasteiger partial charge in [0.15, 0.2) is 0 Å². The number of amides is 2. The number of nitrogens with one attached hydrogen (secondary N) is 1. The molecule has 0 aliphatic carbocycles. The van der Waals surface area contributed by atoms with Crippen molar-refractivity contribution in [3.05, 3.63) is 95.3 Å². The first kappa shape index (κ1) is 18.7. The van der Waals surface area contributed by atoms with Crippen LogP contribution in [0.3, 0.4) is 0 Å². The van der Waals surface area contributed by atoms with Gasteiger partial charge in [-0.3, -0.25) is 9.59 Å². The van der Waals surface area contributed by atoms with Crippen molar-refractivity contribution >= 4 is 17.5 Å². The third-order valence-corrected chi connectivity index (χ3v) is 4.92. The van der Waals surface area contributed by atoms with E-state index in [1.54, 1.807) is 24.3 Å². The lowest BCUT2D eigenvalue weighted by atomic mass is 9.95. The lowest BCUT2D eigenvalue weighted by Gasteiger charge is -2.31. The van der Waals surface area contributed by atoms with E-state index in [9.17, 15) is 14.0 Å². The second kappa shape index (κ2) is 7.75. The standard InChI is InChI=1S/C23H19FN2O3/c1-29-20-10-6-5-9-17(20)23(28)26-14-21(27)25-19-12-11-16(24)13-18(19)22(26)15-7-3-2-4-8-15/h2-13,22H,14H2,1H3,(H,25,27)/t22-/m0/s1. The van der Waals surface area contributed by atoms with E-state index in [0.29, 0.717) is 22.6 Å². The first-order chi connectivity index (χ1) is 14.1. The van der Waals surface area contributed by atoms with E-state index in [-0.39, 0.29) is 18.4 Å². The van der Waals surface area contributed by atoms with E-state index in [2.05, 4.69) is 5.32 Å². The number of anilines is 1. The van der Waals surface area contributed by atoms with Crippen LogP contribution >= 0.6 is 0 Å². The molecular formula is C23H19FN2O3. The van der Waals surface area contributed by atoms with Gasteiger partial charge in [-0.15, -0.1) is 0 Å². The Morgan fingerprint density at radius 2 is 1.79 bits per heavy atom. The number of para-hydroxylation sites is 1. The smallest absolute Gasteiger partial charge is 0.258 e. The van der Waals surface area contributed by atoms with Crippen LogP contribution in [0.5, 0.6) is 5.75 Å². The molecule has 0 spiro atoms. The summed E-state index contributed by atoms with van der Waals surface area (Å²) in [6.45, 7) is -0.174. The lowest BCUT2D eigenvalue weighted by Crippen LogP contribution is -2.39. The van der Waals surface area contributed by atoms with E-state index < -0.39 is 11.9 Å². The lowest BCUT2D eigenvalue weighted by molar-refractivity contribution is -0.117. The Balaban J connectivity index is 1.90. The number of fused-ring (bicyclic) bond motifs is 1. The van der Waals surface area contributed by atoms with Crippen LogP contribution in [0.2, 0.25) is 0 Å². The van der Waals surface area contributed by atoms with Gasteiger partial charge < -0.3 is 15.0 Å². The molecule has 1 N–H and O–H groups in total. The van der Waals surface area contributed by atoms with Crippen LogP contribution < -0.4 is 10.1 Å². The van der Waals surface area contributed by atoms with Gasteiger partial charge in [-0.1, -0.05) is 42.5 Å². The van der Waals surface area contributed by atoms with Gasteiger partial charge >= 0.3 is 0 Å². The number of halogens is 1. The number of carbonyl (C=O) groups is 2. The summed E-state index contributed by atoms with van der Waals surface area (Å²) in [4.78, 5) is 27.6. The molecule has 1 heterocycles. The molecule has 1 aliphatic heterocycles. The van der Waals surface area contributed by atoms with Gasteiger partial charge in [0.25, 0.3) is 5.91 Å². The van der Waals surface area contributed by atoms with Crippen LogP contribution in [0.25, 0.3) is 0 Å². The van der Waals surface area contributed by atoms with Crippen molar-refractivity contribution in [2.45, 2.75) is 6.04 Å². The monoisotopic (exact) mass is 390 g/mol. The summed E-state index contributed by atoms with van der Waals surface area (Å²) in [7, 11) is 1.49. The maximum Gasteiger partial charge on any atom is 0.258 e. The Morgan fingerprint density at radius 3 is 2.55 bits per heavy atom. The number of rotatable bonds is 3. The number of ether oxygens (including phenoxy) is 1. The van der Waals surface area contributed by atoms with Crippen LogP contribution in [-0.4, -0.2) is 30.4 Å². The molecular weight excluding hydrogens is 371 g/mol. The first-order valence-corrected chi connectivity index (χ1v) is 9.16. The third kappa shape index (κ3) is 3.57. The Hall–Kier alpha value is -3.67. The van der Waals surface area contributed by atoms with E-state index in [4.69, 9.17) is 4.74 Å². The highest BCUT2D eigenvalue weighted by molar-refractivity contribution is 6.02. The fourth-order valence-corrected chi connectivity index (χ4v) is 3.64. The molecule has 0 bridgehead atoms. The maximum absolute atomic E-state index is 14.1. The largest absolute Gasteiger partial charge is 0.496 e. The Bertz CT molecular complexity index is 1070. The summed E-state index contributed by atoms with van der Waals surface area (Å²) in [6.07, 6.45) is 0. The molecule has 4 rings (SSSR count). The predicted molar refractivity (Wildman–Crippen MR) is 107 cm³/mol. The number of nitrogens with zero attached hydrogens (tertiary/aromatic N) is 1. The Morgan fingerprint density at radius 1 is 1.07 bits per heavy atom. The number of methoxy groups -OCH3 is 1. The fraction of sp³-hybridized carbons (Fsp3) is 0.130. The normalized spacial score (nSPS) is 15.9. The van der Waals surface area contributed by atoms with Crippen molar-refractivity contribution < 1.29 is 18.7 Å². The van der Waals surface area contributed by atoms with Crippen LogP contribution in [0.15, 0.2) is 72.8 Å². The number of hydrogen-bond acceptors (Lipinski definition) is 3. The van der Waals surface area contributed by atoms with Gasteiger partial charge in [-0.05, 0) is 35.9 Å². The molecule has 0 aromatic heterocycles. The molecule has 0 saturated carbocycles. The van der Waals surface area contributed by atoms with Gasteiger partial charge in [0.2, 0.25) is 5.91 Å². The minimum Gasteiger partial charge on any atom is -0.496 e. The molecule has 146 valence electrons. The minimum atomic E-state index is -0.640. The van der Waals surface area contributed by atoms with Crippen molar-refractivity contribution in [1.82, 2.24) is 4.90 Å². The van der Waals surface area contributed by atoms with Crippen LogP contribution in [0.1, 0.15) is 27.5 Å². The minimum absolute atomic E-state index is 0.174. The summed E-state index contributed by atoms with van der Waals surface area (Å²) in [5.41, 5.74) is 2.12. The third-order valence-electron chi connectivity index (χ3n) is 4.92. The molecule has 0 radical (unpaired) electrons. The second-order valence-electron chi connectivity index (χ2n) is 6.73. The highest BCUT2D eigenvalue weighted by Crippen LogP contribution is 2.37. The SMILES string of the molecule is COc1ccccc1C(=O)N1CC(=O)Nc2ccc(F)cc2[C@@H]1c1ccccc1. The van der Waals surface area contributed by atoms with Gasteiger partial charge in [-0.2, -0.15) is 0 Å². The molecule has 29 heavy (non-hydrogen) atoms. The van der Waals surface area contributed by atoms with Crippen molar-refractivity contribution in [3.63, 3.8) is 0 Å². The zero-order chi connectivity index (χ0) is 20.4. The summed E-state index contributed by atoms with van der Waals surface area (Å²) in [5.74, 6) is -0.748. The number of benzene rings is 3. The Labute approximate surface area is 167 Å². The van der Waals surface area contributed by atoms with Crippen molar-refractivity contribution in [2.24, 2.45) is 0 Å². The molecule has 5 nitrogen and oxygen atoms in total. The molecule has 0 saturated heterocycles. The van der Waals surface area contributed by atoms with Crippen molar-refractivity contribution in [1.29, 1.82) is 0 Å². The molecule has 6 heteroatoms. The molecule has 1 atom stereocenters. The summed E-state index contributed by atoms with van der Waals surface area (Å²) < 4.78 is 19.5. The van der Waals surface area contributed by atoms with E-state index in [0.717, 1.165) is 5.56 Å². The van der Waals surface area contributed by atoms with E-state index in [1.807, 2.05) is 30.3 Å². The van der Waals surface area contributed by atoms with Gasteiger partial charge in [0, 0.05) is 11.3 Å². The van der Waals surface area contributed by atoms with E-state index in [1.165, 1.54) is 30.2 Å². The molecule has 3 aromatic carbocycles. The molecule has 3 aromatic rings. The predicted octanol–water partition coefficient (Wildman–Crippen LogP) is 4.02. The quantitative estimate of drug-likeness (QED) is 0.735. The zero-order valence-electron chi connectivity index (χ0n) is 15.8. The molecule has 0 fully saturated rings. The molecule has 2 amide bonds. The average Bonchev–Trinajstić information content (AvgIpc) is 2.89. The molecule has 1 aliphatic rings. The van der Waals surface area contributed by atoms with Crippen LogP contribution in [0, 0.1) is 5.82 Å². The van der Waals surface area contributed by atoms with E-state index >= 15 is 0 Å². The highest BCUT2D eigenvalue weighted by Gasteiger charge is 2.35.